The van der Waals surface area contributed by atoms with Gasteiger partial charge in [0, 0.05) is 18.6 Å². The van der Waals surface area contributed by atoms with Gasteiger partial charge in [-0.15, -0.1) is 0 Å². The summed E-state index contributed by atoms with van der Waals surface area (Å²) in [6, 6.07) is 8.48. The van der Waals surface area contributed by atoms with E-state index in [-0.39, 0.29) is 6.61 Å². The highest BCUT2D eigenvalue weighted by molar-refractivity contribution is 5.36. The van der Waals surface area contributed by atoms with Gasteiger partial charge < -0.3 is 5.11 Å². The first-order chi connectivity index (χ1) is 7.86. The van der Waals surface area contributed by atoms with Crippen LogP contribution in [0.3, 0.4) is 0 Å². The summed E-state index contributed by atoms with van der Waals surface area (Å²) in [5, 5.41) is 8.61. The van der Waals surface area contributed by atoms with Gasteiger partial charge >= 0.3 is 0 Å². The first-order valence-electron chi connectivity index (χ1n) is 6.05. The normalized spacial score (nSPS) is 9.62. The Hall–Kier alpha value is -1.26. The van der Waals surface area contributed by atoms with Gasteiger partial charge in [-0.25, -0.2) is 0 Å². The summed E-state index contributed by atoms with van der Waals surface area (Å²) < 4.78 is 0. The second kappa shape index (κ2) is 7.96. The quantitative estimate of drug-likeness (QED) is 0.592. The summed E-state index contributed by atoms with van der Waals surface area (Å²) >= 11 is 0. The lowest BCUT2D eigenvalue weighted by atomic mass is 10.1. The third-order valence-corrected chi connectivity index (χ3v) is 2.47. The Morgan fingerprint density at radius 3 is 2.50 bits per heavy atom. The number of aryl methyl sites for hydroxylation is 1. The van der Waals surface area contributed by atoms with E-state index >= 15 is 0 Å². The molecule has 86 valence electrons. The van der Waals surface area contributed by atoms with Crippen LogP contribution < -0.4 is 0 Å². The number of aliphatic hydroxyl groups is 1. The van der Waals surface area contributed by atoms with Crippen LogP contribution in [0.25, 0.3) is 0 Å². The molecular formula is C15H20O. The summed E-state index contributed by atoms with van der Waals surface area (Å²) in [6.45, 7) is 2.44. The molecule has 0 fully saturated rings. The average molecular weight is 216 g/mol. The lowest BCUT2D eigenvalue weighted by Crippen LogP contribution is -1.84. The number of hydrogen-bond donors (Lipinski definition) is 1. The molecule has 1 rings (SSSR count). The van der Waals surface area contributed by atoms with Crippen molar-refractivity contribution in [3.63, 3.8) is 0 Å². The maximum Gasteiger partial charge on any atom is 0.0440 e. The highest BCUT2D eigenvalue weighted by Gasteiger charge is 1.92. The molecule has 1 aromatic rings. The van der Waals surface area contributed by atoms with Crippen LogP contribution in [0, 0.1) is 11.8 Å². The third-order valence-electron chi connectivity index (χ3n) is 2.47. The number of benzene rings is 1. The minimum absolute atomic E-state index is 0.227. The fraction of sp³-hybridized carbons (Fsp3) is 0.467. The van der Waals surface area contributed by atoms with Gasteiger partial charge in [-0.2, -0.15) is 0 Å². The lowest BCUT2D eigenvalue weighted by molar-refractivity contribution is 0.290. The van der Waals surface area contributed by atoms with Gasteiger partial charge in [0.1, 0.15) is 0 Å². The zero-order valence-corrected chi connectivity index (χ0v) is 10.00. The molecule has 0 aliphatic carbocycles. The maximum absolute atomic E-state index is 8.61. The van der Waals surface area contributed by atoms with Crippen LogP contribution in [-0.4, -0.2) is 11.7 Å². The molecule has 0 atom stereocenters. The zero-order chi connectivity index (χ0) is 11.6. The Morgan fingerprint density at radius 1 is 1.12 bits per heavy atom. The predicted octanol–water partition coefficient (Wildman–Crippen LogP) is 3.15. The molecule has 0 aliphatic rings. The molecule has 0 saturated carbocycles. The Kier molecular flexibility index (Phi) is 6.37. The number of hydrogen-bond acceptors (Lipinski definition) is 1. The van der Waals surface area contributed by atoms with Crippen LogP contribution in [0.2, 0.25) is 0 Å². The summed E-state index contributed by atoms with van der Waals surface area (Å²) in [5.74, 6) is 6.16. The van der Waals surface area contributed by atoms with Gasteiger partial charge in [0.25, 0.3) is 0 Å². The lowest BCUT2D eigenvalue weighted by Gasteiger charge is -1.99. The van der Waals surface area contributed by atoms with E-state index in [0.717, 1.165) is 24.8 Å². The summed E-state index contributed by atoms with van der Waals surface area (Å²) in [4.78, 5) is 0. The molecule has 0 radical (unpaired) electrons. The van der Waals surface area contributed by atoms with Crippen molar-refractivity contribution >= 4 is 0 Å². The number of rotatable bonds is 5. The smallest absolute Gasteiger partial charge is 0.0440 e. The molecule has 0 aromatic heterocycles. The molecule has 0 unspecified atom stereocenters. The topological polar surface area (TPSA) is 20.2 Å². The van der Waals surface area contributed by atoms with E-state index in [1.807, 2.05) is 0 Å². The van der Waals surface area contributed by atoms with Crippen LogP contribution >= 0.6 is 0 Å². The fourth-order valence-corrected chi connectivity index (χ4v) is 1.47. The van der Waals surface area contributed by atoms with Crippen molar-refractivity contribution < 1.29 is 5.11 Å². The molecular weight excluding hydrogens is 196 g/mol. The van der Waals surface area contributed by atoms with Gasteiger partial charge in [-0.1, -0.05) is 37.3 Å². The maximum atomic E-state index is 8.61. The van der Waals surface area contributed by atoms with Crippen LogP contribution in [0.5, 0.6) is 0 Å². The van der Waals surface area contributed by atoms with Crippen molar-refractivity contribution in [1.82, 2.24) is 0 Å². The molecule has 1 nitrogen and oxygen atoms in total. The standard InChI is InChI=1S/C15H20O/c1-2-3-7-14-9-11-15(12-10-14)8-5-4-6-13-16/h9-12,16H,2-4,6-7,13H2,1H3. The van der Waals surface area contributed by atoms with Crippen molar-refractivity contribution in [3.05, 3.63) is 35.4 Å². The highest BCUT2D eigenvalue weighted by Crippen LogP contribution is 2.07. The van der Waals surface area contributed by atoms with E-state index in [2.05, 4.69) is 43.0 Å². The molecule has 1 N–H and O–H groups in total. The van der Waals surface area contributed by atoms with Crippen LogP contribution in [0.1, 0.15) is 43.7 Å². The monoisotopic (exact) mass is 216 g/mol. The molecule has 1 heteroatoms. The van der Waals surface area contributed by atoms with E-state index in [1.165, 1.54) is 18.4 Å². The fourth-order valence-electron chi connectivity index (χ4n) is 1.47. The first-order valence-corrected chi connectivity index (χ1v) is 6.05. The Labute approximate surface area is 98.5 Å². The van der Waals surface area contributed by atoms with Crippen molar-refractivity contribution in [3.8, 4) is 11.8 Å². The van der Waals surface area contributed by atoms with E-state index in [9.17, 15) is 0 Å². The molecule has 1 aromatic carbocycles. The van der Waals surface area contributed by atoms with Crippen LogP contribution in [0.4, 0.5) is 0 Å². The molecule has 0 bridgehead atoms. The van der Waals surface area contributed by atoms with Crippen molar-refractivity contribution in [1.29, 1.82) is 0 Å². The molecule has 0 aliphatic heterocycles. The number of unbranched alkanes of at least 4 members (excludes halogenated alkanes) is 2. The van der Waals surface area contributed by atoms with Gasteiger partial charge in [0.15, 0.2) is 0 Å². The average Bonchev–Trinajstić information content (AvgIpc) is 2.33. The second-order valence-corrected chi connectivity index (χ2v) is 3.93. The van der Waals surface area contributed by atoms with Crippen molar-refractivity contribution in [2.45, 2.75) is 39.0 Å². The minimum Gasteiger partial charge on any atom is -0.396 e. The van der Waals surface area contributed by atoms with E-state index in [1.54, 1.807) is 0 Å². The second-order valence-electron chi connectivity index (χ2n) is 3.93. The molecule has 16 heavy (non-hydrogen) atoms. The summed E-state index contributed by atoms with van der Waals surface area (Å²) in [7, 11) is 0. The van der Waals surface area contributed by atoms with Gasteiger partial charge in [0.05, 0.1) is 0 Å². The highest BCUT2D eigenvalue weighted by atomic mass is 16.2. The summed E-state index contributed by atoms with van der Waals surface area (Å²) in [5.41, 5.74) is 2.46. The van der Waals surface area contributed by atoms with Crippen molar-refractivity contribution in [2.75, 3.05) is 6.61 Å². The van der Waals surface area contributed by atoms with Crippen molar-refractivity contribution in [2.24, 2.45) is 0 Å². The zero-order valence-electron chi connectivity index (χ0n) is 10.00. The largest absolute Gasteiger partial charge is 0.396 e. The minimum atomic E-state index is 0.227. The molecule has 0 heterocycles. The third kappa shape index (κ3) is 5.00. The molecule has 0 amide bonds. The van der Waals surface area contributed by atoms with Crippen LogP contribution in [-0.2, 0) is 6.42 Å². The molecule has 0 saturated heterocycles. The summed E-state index contributed by atoms with van der Waals surface area (Å²) in [6.07, 6.45) is 5.19. The Bertz CT molecular complexity index is 340. The first kappa shape index (κ1) is 12.8. The molecule has 0 spiro atoms. The number of aliphatic hydroxyl groups excluding tert-OH is 1. The SMILES string of the molecule is CCCCc1ccc(C#CCCCO)cc1. The Morgan fingerprint density at radius 2 is 1.88 bits per heavy atom. The van der Waals surface area contributed by atoms with E-state index in [0.29, 0.717) is 0 Å². The van der Waals surface area contributed by atoms with E-state index < -0.39 is 0 Å². The van der Waals surface area contributed by atoms with E-state index in [4.69, 9.17) is 5.11 Å². The van der Waals surface area contributed by atoms with Gasteiger partial charge in [-0.05, 0) is 37.0 Å². The Balaban J connectivity index is 2.46. The van der Waals surface area contributed by atoms with Gasteiger partial charge in [0.2, 0.25) is 0 Å². The predicted molar refractivity (Wildman–Crippen MR) is 68.3 cm³/mol. The van der Waals surface area contributed by atoms with Crippen LogP contribution in [0.15, 0.2) is 24.3 Å². The van der Waals surface area contributed by atoms with Gasteiger partial charge in [-0.3, -0.25) is 0 Å².